The fraction of sp³-hybridized carbons (Fsp3) is 0.529. The molecule has 0 heterocycles. The van der Waals surface area contributed by atoms with Crippen LogP contribution in [-0.4, -0.2) is 40.6 Å². The minimum Gasteiger partial charge on any atom is -0.465 e. The van der Waals surface area contributed by atoms with Crippen molar-refractivity contribution in [3.63, 3.8) is 0 Å². The second kappa shape index (κ2) is 7.82. The minimum atomic E-state index is -1.06. The maximum Gasteiger partial charge on any atom is 0.408 e. The summed E-state index contributed by atoms with van der Waals surface area (Å²) in [5.74, 6) is -0.288. The van der Waals surface area contributed by atoms with Gasteiger partial charge in [0.15, 0.2) is 0 Å². The largest absolute Gasteiger partial charge is 0.465 e. The summed E-state index contributed by atoms with van der Waals surface area (Å²) in [6.07, 6.45) is -1.06. The Morgan fingerprint density at radius 3 is 2.00 bits per heavy atom. The van der Waals surface area contributed by atoms with E-state index in [1.165, 1.54) is 4.90 Å². The molecule has 1 rings (SSSR count). The number of rotatable bonds is 6. The van der Waals surface area contributed by atoms with Crippen molar-refractivity contribution in [2.24, 2.45) is 5.92 Å². The van der Waals surface area contributed by atoms with E-state index < -0.39 is 12.1 Å². The van der Waals surface area contributed by atoms with Gasteiger partial charge in [0.2, 0.25) is 5.91 Å². The van der Waals surface area contributed by atoms with Crippen molar-refractivity contribution in [1.82, 2.24) is 4.90 Å². The molecule has 1 atom stereocenters. The third-order valence-electron chi connectivity index (χ3n) is 3.61. The number of likely N-dealkylation sites (N-methyl/N-ethyl adjacent to an activating group) is 1. The Morgan fingerprint density at radius 2 is 1.64 bits per heavy atom. The number of anilines is 1. The van der Waals surface area contributed by atoms with E-state index >= 15 is 0 Å². The Hall–Kier alpha value is -2.04. The lowest BCUT2D eigenvalue weighted by Crippen LogP contribution is -2.55. The minimum absolute atomic E-state index is 0.108. The molecule has 1 unspecified atom stereocenters. The number of carbonyl (C=O) groups excluding carboxylic acids is 1. The predicted octanol–water partition coefficient (Wildman–Crippen LogP) is 3.45. The Bertz CT molecular complexity index is 500. The summed E-state index contributed by atoms with van der Waals surface area (Å²) in [5, 5.41) is 9.49. The molecule has 2 amide bonds. The quantitative estimate of drug-likeness (QED) is 0.875. The number of carbonyl (C=O) groups is 2. The zero-order chi connectivity index (χ0) is 16.9. The van der Waals surface area contributed by atoms with E-state index in [0.29, 0.717) is 6.54 Å². The summed E-state index contributed by atoms with van der Waals surface area (Å²) in [7, 11) is 0. The summed E-state index contributed by atoms with van der Waals surface area (Å²) in [4.78, 5) is 27.5. The monoisotopic (exact) mass is 306 g/mol. The molecule has 0 saturated carbocycles. The molecule has 0 radical (unpaired) electrons. The first-order chi connectivity index (χ1) is 10.3. The molecule has 1 aromatic rings. The lowest BCUT2D eigenvalue weighted by atomic mass is 9.99. The van der Waals surface area contributed by atoms with E-state index in [1.807, 2.05) is 51.1 Å². The van der Waals surface area contributed by atoms with Gasteiger partial charge in [-0.3, -0.25) is 9.69 Å². The SMILES string of the molecule is CCN(C(=O)C(C(C)C)N(C(=O)O)C(C)C)c1ccccc1. The van der Waals surface area contributed by atoms with Gasteiger partial charge in [-0.15, -0.1) is 0 Å². The average Bonchev–Trinajstić information content (AvgIpc) is 2.45. The van der Waals surface area contributed by atoms with Gasteiger partial charge in [0.25, 0.3) is 0 Å². The van der Waals surface area contributed by atoms with Gasteiger partial charge >= 0.3 is 6.09 Å². The zero-order valence-corrected chi connectivity index (χ0v) is 14.0. The Kier molecular flexibility index (Phi) is 6.40. The van der Waals surface area contributed by atoms with Gasteiger partial charge in [0, 0.05) is 18.3 Å². The molecule has 0 aliphatic rings. The Morgan fingerprint density at radius 1 is 1.09 bits per heavy atom. The topological polar surface area (TPSA) is 60.9 Å². The lowest BCUT2D eigenvalue weighted by molar-refractivity contribution is -0.125. The van der Waals surface area contributed by atoms with Gasteiger partial charge in [-0.25, -0.2) is 4.79 Å². The van der Waals surface area contributed by atoms with Crippen LogP contribution < -0.4 is 4.90 Å². The fourth-order valence-electron chi connectivity index (χ4n) is 2.62. The van der Waals surface area contributed by atoms with Crippen LogP contribution in [0.4, 0.5) is 10.5 Å². The van der Waals surface area contributed by atoms with Crippen LogP contribution in [0.5, 0.6) is 0 Å². The molecule has 22 heavy (non-hydrogen) atoms. The fourth-order valence-corrected chi connectivity index (χ4v) is 2.62. The Labute approximate surface area is 132 Å². The smallest absolute Gasteiger partial charge is 0.408 e. The van der Waals surface area contributed by atoms with Crippen LogP contribution in [0.15, 0.2) is 30.3 Å². The van der Waals surface area contributed by atoms with Gasteiger partial charge in [-0.2, -0.15) is 0 Å². The summed E-state index contributed by atoms with van der Waals surface area (Å²) in [5.41, 5.74) is 0.787. The molecule has 5 nitrogen and oxygen atoms in total. The molecule has 0 bridgehead atoms. The van der Waals surface area contributed by atoms with E-state index in [-0.39, 0.29) is 17.9 Å². The van der Waals surface area contributed by atoms with E-state index in [4.69, 9.17) is 0 Å². The van der Waals surface area contributed by atoms with Crippen molar-refractivity contribution in [3.05, 3.63) is 30.3 Å². The van der Waals surface area contributed by atoms with E-state index in [2.05, 4.69) is 0 Å². The number of carboxylic acid groups (broad SMARTS) is 1. The molecule has 5 heteroatoms. The highest BCUT2D eigenvalue weighted by Gasteiger charge is 2.36. The summed E-state index contributed by atoms with van der Waals surface area (Å²) in [6.45, 7) is 9.71. The second-order valence-corrected chi connectivity index (χ2v) is 5.89. The van der Waals surface area contributed by atoms with Crippen LogP contribution in [0.2, 0.25) is 0 Å². The first-order valence-electron chi connectivity index (χ1n) is 7.68. The third-order valence-corrected chi connectivity index (χ3v) is 3.61. The van der Waals surface area contributed by atoms with Crippen molar-refractivity contribution >= 4 is 17.7 Å². The summed E-state index contributed by atoms with van der Waals surface area (Å²) < 4.78 is 0. The number of para-hydroxylation sites is 1. The molecule has 1 aromatic carbocycles. The third kappa shape index (κ3) is 4.00. The van der Waals surface area contributed by atoms with Gasteiger partial charge in [-0.1, -0.05) is 32.0 Å². The van der Waals surface area contributed by atoms with Gasteiger partial charge in [0.1, 0.15) is 6.04 Å². The average molecular weight is 306 g/mol. The molecule has 0 saturated heterocycles. The number of hydrogen-bond acceptors (Lipinski definition) is 2. The number of nitrogens with zero attached hydrogens (tertiary/aromatic N) is 2. The summed E-state index contributed by atoms with van der Waals surface area (Å²) in [6, 6.07) is 8.39. The molecule has 0 aliphatic carbocycles. The van der Waals surface area contributed by atoms with Crippen LogP contribution >= 0.6 is 0 Å². The predicted molar refractivity (Wildman–Crippen MR) is 88.1 cm³/mol. The highest BCUT2D eigenvalue weighted by Crippen LogP contribution is 2.21. The first-order valence-corrected chi connectivity index (χ1v) is 7.68. The highest BCUT2D eigenvalue weighted by atomic mass is 16.4. The number of hydrogen-bond donors (Lipinski definition) is 1. The van der Waals surface area contributed by atoms with Gasteiger partial charge in [-0.05, 0) is 38.8 Å². The first kappa shape index (κ1) is 18.0. The maximum atomic E-state index is 13.0. The molecular formula is C17H26N2O3. The van der Waals surface area contributed by atoms with E-state index in [0.717, 1.165) is 5.69 Å². The van der Waals surface area contributed by atoms with Crippen LogP contribution in [0.25, 0.3) is 0 Å². The molecule has 0 aromatic heterocycles. The number of amides is 2. The van der Waals surface area contributed by atoms with Crippen molar-refractivity contribution in [1.29, 1.82) is 0 Å². The zero-order valence-electron chi connectivity index (χ0n) is 14.0. The lowest BCUT2D eigenvalue weighted by Gasteiger charge is -2.37. The maximum absolute atomic E-state index is 13.0. The van der Waals surface area contributed by atoms with Crippen LogP contribution in [0, 0.1) is 5.92 Å². The van der Waals surface area contributed by atoms with Gasteiger partial charge < -0.3 is 10.0 Å². The summed E-state index contributed by atoms with van der Waals surface area (Å²) >= 11 is 0. The van der Waals surface area contributed by atoms with Crippen molar-refractivity contribution in [2.45, 2.75) is 46.7 Å². The normalized spacial score (nSPS) is 12.3. The van der Waals surface area contributed by atoms with Gasteiger partial charge in [0.05, 0.1) is 0 Å². The molecule has 0 aliphatic heterocycles. The molecular weight excluding hydrogens is 280 g/mol. The van der Waals surface area contributed by atoms with E-state index in [9.17, 15) is 14.7 Å². The molecule has 122 valence electrons. The van der Waals surface area contributed by atoms with E-state index in [1.54, 1.807) is 18.7 Å². The Balaban J connectivity index is 3.19. The molecule has 0 spiro atoms. The molecule has 0 fully saturated rings. The standard InChI is InChI=1S/C17H26N2O3/c1-6-18(14-10-8-7-9-11-14)16(20)15(12(2)3)19(13(4)5)17(21)22/h7-13,15H,6H2,1-5H3,(H,21,22). The van der Waals surface area contributed by atoms with Crippen LogP contribution in [-0.2, 0) is 4.79 Å². The number of benzene rings is 1. The van der Waals surface area contributed by atoms with Crippen molar-refractivity contribution in [2.75, 3.05) is 11.4 Å². The second-order valence-electron chi connectivity index (χ2n) is 5.89. The van der Waals surface area contributed by atoms with Crippen molar-refractivity contribution < 1.29 is 14.7 Å². The highest BCUT2D eigenvalue weighted by molar-refractivity contribution is 5.98. The van der Waals surface area contributed by atoms with Crippen LogP contribution in [0.3, 0.4) is 0 Å². The van der Waals surface area contributed by atoms with Crippen LogP contribution in [0.1, 0.15) is 34.6 Å². The van der Waals surface area contributed by atoms with Crippen molar-refractivity contribution in [3.8, 4) is 0 Å². The molecule has 1 N–H and O–H groups in total.